The van der Waals surface area contributed by atoms with Gasteiger partial charge in [-0.25, -0.2) is 9.96 Å². The Morgan fingerprint density at radius 3 is 2.13 bits per heavy atom. The maximum atomic E-state index is 13.6. The van der Waals surface area contributed by atoms with Crippen LogP contribution in [0.4, 0.5) is 11.4 Å². The smallest absolute Gasteiger partial charge is 0.266 e. The van der Waals surface area contributed by atoms with E-state index in [2.05, 4.69) is 0 Å². The molecule has 0 N–H and O–H groups in total. The first-order valence-corrected chi connectivity index (χ1v) is 9.77. The predicted molar refractivity (Wildman–Crippen MR) is 112 cm³/mol. The van der Waals surface area contributed by atoms with Crippen molar-refractivity contribution in [3.8, 4) is 5.75 Å². The van der Waals surface area contributed by atoms with Gasteiger partial charge >= 0.3 is 0 Å². The van der Waals surface area contributed by atoms with E-state index < -0.39 is 18.1 Å². The molecule has 0 radical (unpaired) electrons. The molecule has 2 aliphatic rings. The minimum atomic E-state index is -0.896. The van der Waals surface area contributed by atoms with Crippen molar-refractivity contribution >= 4 is 23.2 Å². The molecule has 0 spiro atoms. The van der Waals surface area contributed by atoms with Crippen LogP contribution in [-0.2, 0) is 14.4 Å². The first kappa shape index (κ1) is 18.4. The SMILES string of the molecule is COc1ccccc1N1C(=O)[C@@H]2[C@H](ON(c3ccccc3)[C@H]2c2ccccc2)C1=O. The molecule has 6 heteroatoms. The van der Waals surface area contributed by atoms with E-state index in [0.717, 1.165) is 11.3 Å². The quantitative estimate of drug-likeness (QED) is 0.625. The number of imide groups is 1. The predicted octanol–water partition coefficient (Wildman–Crippen LogP) is 3.75. The Balaban J connectivity index is 1.59. The van der Waals surface area contributed by atoms with Gasteiger partial charge in [-0.3, -0.25) is 14.4 Å². The molecule has 0 aromatic heterocycles. The number of carbonyl (C=O) groups is 2. The second-order valence-electron chi connectivity index (χ2n) is 7.25. The van der Waals surface area contributed by atoms with E-state index in [1.54, 1.807) is 29.3 Å². The molecule has 3 aromatic carbocycles. The normalized spacial score (nSPS) is 23.0. The Labute approximate surface area is 174 Å². The Kier molecular flexibility index (Phi) is 4.48. The maximum Gasteiger partial charge on any atom is 0.266 e. The minimum Gasteiger partial charge on any atom is -0.495 e. The lowest BCUT2D eigenvalue weighted by atomic mass is 9.90. The van der Waals surface area contributed by atoms with Crippen molar-refractivity contribution in [2.45, 2.75) is 12.1 Å². The molecular formula is C24H20N2O4. The zero-order chi connectivity index (χ0) is 20.7. The topological polar surface area (TPSA) is 59.1 Å². The summed E-state index contributed by atoms with van der Waals surface area (Å²) in [5.74, 6) is -0.865. The van der Waals surface area contributed by atoms with E-state index >= 15 is 0 Å². The summed E-state index contributed by atoms with van der Waals surface area (Å²) in [6.07, 6.45) is -0.896. The first-order valence-electron chi connectivity index (χ1n) is 9.77. The van der Waals surface area contributed by atoms with Crippen molar-refractivity contribution < 1.29 is 19.2 Å². The summed E-state index contributed by atoms with van der Waals surface area (Å²) in [6, 6.07) is 25.8. The standard InChI is InChI=1S/C24H20N2O4/c1-29-19-15-9-8-14-18(19)25-23(27)20-21(16-10-4-2-5-11-16)26(30-22(20)24(25)28)17-12-6-3-7-13-17/h2-15,20-22H,1H3/t20-,21-,22-/m0/s1. The zero-order valence-electron chi connectivity index (χ0n) is 16.3. The highest BCUT2D eigenvalue weighted by Gasteiger charge is 2.60. The molecule has 6 nitrogen and oxygen atoms in total. The third-order valence-corrected chi connectivity index (χ3v) is 5.59. The van der Waals surface area contributed by atoms with Crippen LogP contribution < -0.4 is 14.7 Å². The monoisotopic (exact) mass is 400 g/mol. The lowest BCUT2D eigenvalue weighted by Gasteiger charge is -2.29. The number of rotatable bonds is 4. The van der Waals surface area contributed by atoms with Crippen LogP contribution in [0.25, 0.3) is 0 Å². The molecule has 0 unspecified atom stereocenters. The molecule has 30 heavy (non-hydrogen) atoms. The van der Waals surface area contributed by atoms with Crippen LogP contribution in [0.5, 0.6) is 5.75 Å². The Bertz CT molecular complexity index is 1090. The van der Waals surface area contributed by atoms with Crippen molar-refractivity contribution in [3.63, 3.8) is 0 Å². The van der Waals surface area contributed by atoms with Gasteiger partial charge in [-0.15, -0.1) is 0 Å². The number of methoxy groups -OCH3 is 1. The molecule has 0 bridgehead atoms. The average molecular weight is 400 g/mol. The van der Waals surface area contributed by atoms with E-state index in [0.29, 0.717) is 11.4 Å². The molecule has 2 heterocycles. The number of benzene rings is 3. The third-order valence-electron chi connectivity index (χ3n) is 5.59. The first-order chi connectivity index (χ1) is 14.7. The number of fused-ring (bicyclic) bond motifs is 1. The van der Waals surface area contributed by atoms with Crippen molar-refractivity contribution in [2.75, 3.05) is 17.1 Å². The number of anilines is 2. The van der Waals surface area contributed by atoms with Gasteiger partial charge in [-0.1, -0.05) is 60.7 Å². The van der Waals surface area contributed by atoms with Gasteiger partial charge in [-0.05, 0) is 29.8 Å². The molecule has 2 fully saturated rings. The average Bonchev–Trinajstić information content (AvgIpc) is 3.31. The Hall–Kier alpha value is -3.64. The summed E-state index contributed by atoms with van der Waals surface area (Å²) < 4.78 is 5.38. The van der Waals surface area contributed by atoms with Gasteiger partial charge in [0.05, 0.1) is 24.5 Å². The number of ether oxygens (including phenoxy) is 1. The minimum absolute atomic E-state index is 0.290. The maximum absolute atomic E-state index is 13.6. The lowest BCUT2D eigenvalue weighted by molar-refractivity contribution is -0.126. The van der Waals surface area contributed by atoms with Gasteiger partial charge in [0.1, 0.15) is 11.7 Å². The van der Waals surface area contributed by atoms with Crippen molar-refractivity contribution in [2.24, 2.45) is 5.92 Å². The highest BCUT2D eigenvalue weighted by Crippen LogP contribution is 2.48. The number of carbonyl (C=O) groups excluding carboxylic acids is 2. The van der Waals surface area contributed by atoms with Gasteiger partial charge in [0.2, 0.25) is 5.91 Å². The fraction of sp³-hybridized carbons (Fsp3) is 0.167. The molecular weight excluding hydrogens is 380 g/mol. The number of hydrogen-bond acceptors (Lipinski definition) is 5. The molecule has 150 valence electrons. The fourth-order valence-corrected chi connectivity index (χ4v) is 4.25. The summed E-state index contributed by atoms with van der Waals surface area (Å²) in [4.78, 5) is 34.2. The summed E-state index contributed by atoms with van der Waals surface area (Å²) in [5.41, 5.74) is 2.15. The molecule has 2 aliphatic heterocycles. The number of nitrogens with zero attached hydrogens (tertiary/aromatic N) is 2. The lowest BCUT2D eigenvalue weighted by Crippen LogP contribution is -2.37. The number of hydrogen-bond donors (Lipinski definition) is 0. The Morgan fingerprint density at radius 1 is 0.800 bits per heavy atom. The van der Waals surface area contributed by atoms with Gasteiger partial charge in [0.25, 0.3) is 5.91 Å². The van der Waals surface area contributed by atoms with Crippen LogP contribution in [0.15, 0.2) is 84.9 Å². The molecule has 2 saturated heterocycles. The van der Waals surface area contributed by atoms with Gasteiger partial charge in [-0.2, -0.15) is 0 Å². The van der Waals surface area contributed by atoms with Crippen LogP contribution >= 0.6 is 0 Å². The van der Waals surface area contributed by atoms with Crippen LogP contribution in [0, 0.1) is 5.92 Å². The van der Waals surface area contributed by atoms with E-state index in [1.165, 1.54) is 12.0 Å². The van der Waals surface area contributed by atoms with E-state index in [4.69, 9.17) is 9.57 Å². The summed E-state index contributed by atoms with van der Waals surface area (Å²) in [6.45, 7) is 0. The zero-order valence-corrected chi connectivity index (χ0v) is 16.3. The fourth-order valence-electron chi connectivity index (χ4n) is 4.25. The largest absolute Gasteiger partial charge is 0.495 e. The Morgan fingerprint density at radius 2 is 1.43 bits per heavy atom. The van der Waals surface area contributed by atoms with Crippen LogP contribution in [0.1, 0.15) is 11.6 Å². The third kappa shape index (κ3) is 2.76. The van der Waals surface area contributed by atoms with Gasteiger partial charge in [0.15, 0.2) is 6.10 Å². The number of hydroxylamine groups is 1. The molecule has 3 atom stereocenters. The van der Waals surface area contributed by atoms with Crippen LogP contribution in [0.3, 0.4) is 0 Å². The highest BCUT2D eigenvalue weighted by molar-refractivity contribution is 6.24. The summed E-state index contributed by atoms with van der Waals surface area (Å²) in [7, 11) is 1.52. The number of amides is 2. The molecule has 5 rings (SSSR count). The molecule has 3 aromatic rings. The van der Waals surface area contributed by atoms with Crippen molar-refractivity contribution in [1.82, 2.24) is 0 Å². The second kappa shape index (κ2) is 7.31. The van der Waals surface area contributed by atoms with Crippen LogP contribution in [0.2, 0.25) is 0 Å². The van der Waals surface area contributed by atoms with Crippen molar-refractivity contribution in [1.29, 1.82) is 0 Å². The summed E-state index contributed by atoms with van der Waals surface area (Å²) in [5, 5.41) is 1.69. The second-order valence-corrected chi connectivity index (χ2v) is 7.25. The van der Waals surface area contributed by atoms with Crippen LogP contribution in [-0.4, -0.2) is 25.0 Å². The number of para-hydroxylation sites is 3. The molecule has 2 amide bonds. The highest BCUT2D eigenvalue weighted by atomic mass is 16.7. The van der Waals surface area contributed by atoms with Crippen molar-refractivity contribution in [3.05, 3.63) is 90.5 Å². The summed E-state index contributed by atoms with van der Waals surface area (Å²) >= 11 is 0. The molecule has 0 saturated carbocycles. The van der Waals surface area contributed by atoms with Gasteiger partial charge < -0.3 is 4.74 Å². The van der Waals surface area contributed by atoms with Gasteiger partial charge in [0, 0.05) is 0 Å². The molecule has 0 aliphatic carbocycles. The van der Waals surface area contributed by atoms with E-state index in [1.807, 2.05) is 60.7 Å². The van der Waals surface area contributed by atoms with E-state index in [-0.39, 0.29) is 11.8 Å². The van der Waals surface area contributed by atoms with E-state index in [9.17, 15) is 9.59 Å².